The monoisotopic (exact) mass is 279 g/mol. The Labute approximate surface area is 104 Å². The Morgan fingerprint density at radius 2 is 2.33 bits per heavy atom. The highest BCUT2D eigenvalue weighted by atomic mass is 32.2. The zero-order valence-electron chi connectivity index (χ0n) is 9.72. The molecule has 1 N–H and O–H groups in total. The molecule has 1 aliphatic heterocycles. The predicted octanol–water partition coefficient (Wildman–Crippen LogP) is 0.945. The van der Waals surface area contributed by atoms with Gasteiger partial charge in [0.25, 0.3) is 0 Å². The number of imidazole rings is 1. The smallest absolute Gasteiger partial charge is 0.306 e. The summed E-state index contributed by atoms with van der Waals surface area (Å²) in [4.78, 5) is 3.83. The number of rotatable bonds is 4. The highest BCUT2D eigenvalue weighted by molar-refractivity contribution is 7.91. The quantitative estimate of drug-likeness (QED) is 0.891. The van der Waals surface area contributed by atoms with Gasteiger partial charge >= 0.3 is 6.55 Å². The predicted molar refractivity (Wildman–Crippen MR) is 62.0 cm³/mol. The zero-order valence-corrected chi connectivity index (χ0v) is 10.5. The standard InChI is InChI=1S/C10H15F2N3O2S/c11-10(12)15-4-3-13-9(15)6-14-8-2-1-5-18(16,17)7-8/h3-4,8,10,14H,1-2,5-7H2. The van der Waals surface area contributed by atoms with Crippen molar-refractivity contribution in [2.24, 2.45) is 0 Å². The van der Waals surface area contributed by atoms with E-state index in [0.29, 0.717) is 6.42 Å². The lowest BCUT2D eigenvalue weighted by atomic mass is 10.2. The van der Waals surface area contributed by atoms with Crippen molar-refractivity contribution < 1.29 is 17.2 Å². The van der Waals surface area contributed by atoms with E-state index >= 15 is 0 Å². The van der Waals surface area contributed by atoms with Crippen LogP contribution in [0.3, 0.4) is 0 Å². The maximum absolute atomic E-state index is 12.5. The summed E-state index contributed by atoms with van der Waals surface area (Å²) < 4.78 is 48.7. The van der Waals surface area contributed by atoms with Crippen molar-refractivity contribution in [3.63, 3.8) is 0 Å². The van der Waals surface area contributed by atoms with Crippen molar-refractivity contribution in [2.45, 2.75) is 32.0 Å². The fourth-order valence-electron chi connectivity index (χ4n) is 2.08. The van der Waals surface area contributed by atoms with Gasteiger partial charge in [0.1, 0.15) is 5.82 Å². The van der Waals surface area contributed by atoms with Crippen LogP contribution in [0.25, 0.3) is 0 Å². The Hall–Kier alpha value is -1.02. The van der Waals surface area contributed by atoms with E-state index < -0.39 is 16.4 Å². The molecule has 2 heterocycles. The van der Waals surface area contributed by atoms with E-state index in [-0.39, 0.29) is 29.9 Å². The SMILES string of the molecule is O=S1(=O)CCCC(NCc2nccn2C(F)F)C1. The van der Waals surface area contributed by atoms with Crippen LogP contribution in [-0.2, 0) is 16.4 Å². The number of hydrogen-bond acceptors (Lipinski definition) is 4. The van der Waals surface area contributed by atoms with Crippen molar-refractivity contribution in [1.29, 1.82) is 0 Å². The van der Waals surface area contributed by atoms with E-state index in [1.807, 2.05) is 0 Å². The Balaban J connectivity index is 1.93. The van der Waals surface area contributed by atoms with Gasteiger partial charge in [0, 0.05) is 18.4 Å². The van der Waals surface area contributed by atoms with Gasteiger partial charge in [-0.1, -0.05) is 0 Å². The molecule has 0 aromatic carbocycles. The minimum Gasteiger partial charge on any atom is -0.306 e. The van der Waals surface area contributed by atoms with Gasteiger partial charge < -0.3 is 5.32 Å². The molecule has 5 nitrogen and oxygen atoms in total. The molecule has 8 heteroatoms. The van der Waals surface area contributed by atoms with Crippen molar-refractivity contribution in [3.8, 4) is 0 Å². The summed E-state index contributed by atoms with van der Waals surface area (Å²) in [6, 6.07) is -0.174. The third kappa shape index (κ3) is 3.26. The minimum atomic E-state index is -2.99. The molecule has 102 valence electrons. The van der Waals surface area contributed by atoms with Crippen LogP contribution in [0.2, 0.25) is 0 Å². The molecule has 18 heavy (non-hydrogen) atoms. The molecule has 1 aromatic heterocycles. The minimum absolute atomic E-state index is 0.0718. The number of hydrogen-bond donors (Lipinski definition) is 1. The maximum atomic E-state index is 12.5. The summed E-state index contributed by atoms with van der Waals surface area (Å²) in [5, 5.41) is 2.98. The van der Waals surface area contributed by atoms with Gasteiger partial charge in [0.15, 0.2) is 9.84 Å². The van der Waals surface area contributed by atoms with E-state index in [2.05, 4.69) is 10.3 Å². The van der Waals surface area contributed by atoms with Crippen molar-refractivity contribution in [1.82, 2.24) is 14.9 Å². The second-order valence-electron chi connectivity index (χ2n) is 4.36. The van der Waals surface area contributed by atoms with Gasteiger partial charge in [-0.3, -0.25) is 4.57 Å². The summed E-state index contributed by atoms with van der Waals surface area (Å²) in [5.74, 6) is 0.507. The molecule has 0 spiro atoms. The fraction of sp³-hybridized carbons (Fsp3) is 0.700. The van der Waals surface area contributed by atoms with Crippen LogP contribution in [0.1, 0.15) is 25.2 Å². The number of nitrogens with zero attached hydrogens (tertiary/aromatic N) is 2. The van der Waals surface area contributed by atoms with Crippen LogP contribution in [0.5, 0.6) is 0 Å². The first-order valence-corrected chi connectivity index (χ1v) is 7.54. The normalized spacial score (nSPS) is 23.4. The number of aromatic nitrogens is 2. The highest BCUT2D eigenvalue weighted by Gasteiger charge is 2.24. The third-order valence-corrected chi connectivity index (χ3v) is 4.79. The van der Waals surface area contributed by atoms with Gasteiger partial charge in [0.2, 0.25) is 0 Å². The van der Waals surface area contributed by atoms with Crippen LogP contribution in [-0.4, -0.2) is 35.5 Å². The number of alkyl halides is 2. The summed E-state index contributed by atoms with van der Waals surface area (Å²) in [6.45, 7) is -2.48. The second kappa shape index (κ2) is 5.31. The summed E-state index contributed by atoms with van der Waals surface area (Å²) in [6.07, 6.45) is 3.87. The molecule has 1 fully saturated rings. The average Bonchev–Trinajstić information content (AvgIpc) is 2.73. The van der Waals surface area contributed by atoms with Gasteiger partial charge in [0.05, 0.1) is 18.1 Å². The molecule has 0 bridgehead atoms. The first-order chi connectivity index (χ1) is 8.48. The van der Waals surface area contributed by atoms with Gasteiger partial charge in [-0.2, -0.15) is 8.78 Å². The molecule has 1 aliphatic rings. The first-order valence-electron chi connectivity index (χ1n) is 5.71. The topological polar surface area (TPSA) is 64.0 Å². The molecule has 0 aliphatic carbocycles. The average molecular weight is 279 g/mol. The lowest BCUT2D eigenvalue weighted by Crippen LogP contribution is -2.40. The Morgan fingerprint density at radius 1 is 1.56 bits per heavy atom. The lowest BCUT2D eigenvalue weighted by Gasteiger charge is -2.23. The van der Waals surface area contributed by atoms with Crippen LogP contribution >= 0.6 is 0 Å². The molecule has 2 rings (SSSR count). The molecule has 1 saturated heterocycles. The first kappa shape index (κ1) is 13.4. The van der Waals surface area contributed by atoms with Crippen molar-refractivity contribution >= 4 is 9.84 Å². The Kier molecular flexibility index (Phi) is 3.96. The molecule has 0 amide bonds. The van der Waals surface area contributed by atoms with Gasteiger partial charge in [-0.15, -0.1) is 0 Å². The molecule has 0 saturated carbocycles. The van der Waals surface area contributed by atoms with Crippen LogP contribution in [0, 0.1) is 0 Å². The molecule has 1 atom stereocenters. The fourth-order valence-corrected chi connectivity index (χ4v) is 3.75. The maximum Gasteiger partial charge on any atom is 0.319 e. The highest BCUT2D eigenvalue weighted by Crippen LogP contribution is 2.15. The van der Waals surface area contributed by atoms with E-state index in [1.54, 1.807) is 0 Å². The van der Waals surface area contributed by atoms with Crippen molar-refractivity contribution in [2.75, 3.05) is 11.5 Å². The third-order valence-electron chi connectivity index (χ3n) is 2.97. The van der Waals surface area contributed by atoms with E-state index in [0.717, 1.165) is 11.0 Å². The number of halogens is 2. The summed E-state index contributed by atoms with van der Waals surface area (Å²) >= 11 is 0. The molecule has 0 radical (unpaired) electrons. The van der Waals surface area contributed by atoms with Crippen LogP contribution in [0.15, 0.2) is 12.4 Å². The Bertz CT molecular complexity index is 501. The molecular weight excluding hydrogens is 264 g/mol. The summed E-state index contributed by atoms with van der Waals surface area (Å²) in [5.41, 5.74) is 0. The van der Waals surface area contributed by atoms with Crippen molar-refractivity contribution in [3.05, 3.63) is 18.2 Å². The number of sulfone groups is 1. The Morgan fingerprint density at radius 3 is 3.00 bits per heavy atom. The van der Waals surface area contributed by atoms with E-state index in [9.17, 15) is 17.2 Å². The second-order valence-corrected chi connectivity index (χ2v) is 6.59. The van der Waals surface area contributed by atoms with Gasteiger partial charge in [-0.25, -0.2) is 13.4 Å². The zero-order chi connectivity index (χ0) is 13.2. The summed E-state index contributed by atoms with van der Waals surface area (Å²) in [7, 11) is -2.99. The number of nitrogens with one attached hydrogen (secondary N) is 1. The van der Waals surface area contributed by atoms with E-state index in [1.165, 1.54) is 12.4 Å². The van der Waals surface area contributed by atoms with Crippen LogP contribution in [0.4, 0.5) is 8.78 Å². The van der Waals surface area contributed by atoms with Gasteiger partial charge in [-0.05, 0) is 12.8 Å². The molecular formula is C10H15F2N3O2S. The van der Waals surface area contributed by atoms with E-state index in [4.69, 9.17) is 0 Å². The molecule has 1 aromatic rings. The largest absolute Gasteiger partial charge is 0.319 e. The molecule has 1 unspecified atom stereocenters. The lowest BCUT2D eigenvalue weighted by molar-refractivity contribution is 0.0664. The van der Waals surface area contributed by atoms with Crippen LogP contribution < -0.4 is 5.32 Å².